The molecular weight excluding hydrogens is 201 g/mol. The zero-order valence-electron chi connectivity index (χ0n) is 7.43. The van der Waals surface area contributed by atoms with Crippen LogP contribution in [0.5, 0.6) is 0 Å². The molecule has 1 N–H and O–H groups in total. The van der Waals surface area contributed by atoms with Crippen LogP contribution in [-0.2, 0) is 9.63 Å². The van der Waals surface area contributed by atoms with Crippen molar-refractivity contribution in [2.75, 3.05) is 19.8 Å². The van der Waals surface area contributed by atoms with Gasteiger partial charge in [-0.3, -0.25) is 0 Å². The lowest BCUT2D eigenvalue weighted by Crippen LogP contribution is -2.38. The van der Waals surface area contributed by atoms with Crippen molar-refractivity contribution in [1.82, 2.24) is 10.4 Å². The van der Waals surface area contributed by atoms with Crippen LogP contribution in [0.2, 0.25) is 0 Å². The summed E-state index contributed by atoms with van der Waals surface area (Å²) in [6.07, 6.45) is -3.36. The fourth-order valence-corrected chi connectivity index (χ4v) is 1.07. The summed E-state index contributed by atoms with van der Waals surface area (Å²) in [5.41, 5.74) is 0. The van der Waals surface area contributed by atoms with Crippen molar-refractivity contribution in [1.29, 1.82) is 0 Å². The van der Waals surface area contributed by atoms with Crippen molar-refractivity contribution in [2.24, 2.45) is 0 Å². The van der Waals surface area contributed by atoms with E-state index < -0.39 is 12.1 Å². The Morgan fingerprint density at radius 1 is 1.36 bits per heavy atom. The predicted molar refractivity (Wildman–Crippen MR) is 41.0 cm³/mol. The van der Waals surface area contributed by atoms with Gasteiger partial charge in [-0.2, -0.15) is 13.2 Å². The molecule has 0 radical (unpaired) electrons. The summed E-state index contributed by atoms with van der Waals surface area (Å²) >= 11 is 0. The molecule has 1 heterocycles. The normalized spacial score (nSPS) is 20.2. The maximum absolute atomic E-state index is 11.8. The molecule has 0 atom stereocenters. The lowest BCUT2D eigenvalue weighted by molar-refractivity contribution is -0.239. The van der Waals surface area contributed by atoms with Crippen LogP contribution in [0, 0.1) is 0 Å². The van der Waals surface area contributed by atoms with Crippen LogP contribution < -0.4 is 5.32 Å². The first-order valence-corrected chi connectivity index (χ1v) is 4.25. The topological polar surface area (TPSA) is 41.6 Å². The third-order valence-electron chi connectivity index (χ3n) is 1.74. The van der Waals surface area contributed by atoms with E-state index in [0.717, 1.165) is 18.0 Å². The van der Waals surface area contributed by atoms with Gasteiger partial charge >= 0.3 is 12.1 Å². The van der Waals surface area contributed by atoms with Gasteiger partial charge in [0.05, 0.1) is 6.67 Å². The van der Waals surface area contributed by atoms with Crippen LogP contribution in [0.15, 0.2) is 0 Å². The molecular formula is C7H11F3N2O2. The van der Waals surface area contributed by atoms with Crippen molar-refractivity contribution in [3.63, 3.8) is 0 Å². The van der Waals surface area contributed by atoms with Crippen LogP contribution in [-0.4, -0.2) is 37.0 Å². The van der Waals surface area contributed by atoms with Gasteiger partial charge in [-0.05, 0) is 19.4 Å². The highest BCUT2D eigenvalue weighted by molar-refractivity contribution is 5.75. The van der Waals surface area contributed by atoms with E-state index in [1.54, 1.807) is 0 Å². The van der Waals surface area contributed by atoms with Crippen molar-refractivity contribution in [3.8, 4) is 0 Å². The first-order chi connectivity index (χ1) is 6.50. The van der Waals surface area contributed by atoms with Gasteiger partial charge in [0.1, 0.15) is 0 Å². The zero-order valence-corrected chi connectivity index (χ0v) is 7.43. The monoisotopic (exact) mass is 212 g/mol. The van der Waals surface area contributed by atoms with E-state index in [2.05, 4.69) is 10.2 Å². The molecule has 1 aliphatic rings. The molecule has 1 aliphatic heterocycles. The minimum Gasteiger partial charge on any atom is -0.360 e. The maximum Gasteiger partial charge on any atom is 0.492 e. The van der Waals surface area contributed by atoms with Gasteiger partial charge in [-0.15, -0.1) is 5.06 Å². The summed E-state index contributed by atoms with van der Waals surface area (Å²) in [5.74, 6) is -2.17. The summed E-state index contributed by atoms with van der Waals surface area (Å²) in [4.78, 5) is 14.6. The number of nitrogens with zero attached hydrogens (tertiary/aromatic N) is 1. The van der Waals surface area contributed by atoms with Crippen molar-refractivity contribution in [3.05, 3.63) is 0 Å². The number of hydrogen-bond acceptors (Lipinski definition) is 4. The number of hydrogen-bond donors (Lipinski definition) is 1. The van der Waals surface area contributed by atoms with E-state index in [4.69, 9.17) is 0 Å². The Balaban J connectivity index is 2.38. The third kappa shape index (κ3) is 3.51. The number of alkyl halides is 3. The molecule has 0 saturated carbocycles. The molecule has 7 heteroatoms. The van der Waals surface area contributed by atoms with Crippen LogP contribution in [0.1, 0.15) is 12.8 Å². The molecule has 0 spiro atoms. The molecule has 82 valence electrons. The smallest absolute Gasteiger partial charge is 0.360 e. The first-order valence-electron chi connectivity index (χ1n) is 4.25. The average Bonchev–Trinajstić information content (AvgIpc) is 2.31. The van der Waals surface area contributed by atoms with Crippen molar-refractivity contribution in [2.45, 2.75) is 19.0 Å². The minimum absolute atomic E-state index is 0.141. The number of carbonyl (C=O) groups excluding carboxylic acids is 1. The van der Waals surface area contributed by atoms with Gasteiger partial charge < -0.3 is 10.2 Å². The second kappa shape index (κ2) is 4.61. The molecule has 0 amide bonds. The highest BCUT2D eigenvalue weighted by Crippen LogP contribution is 2.17. The van der Waals surface area contributed by atoms with Crippen molar-refractivity contribution < 1.29 is 22.8 Å². The van der Waals surface area contributed by atoms with Gasteiger partial charge in [-0.1, -0.05) is 0 Å². The van der Waals surface area contributed by atoms with Crippen molar-refractivity contribution >= 4 is 5.97 Å². The number of carbonyl (C=O) groups is 1. The lowest BCUT2D eigenvalue weighted by Gasteiger charge is -2.19. The number of hydroxylamine groups is 2. The Bertz CT molecular complexity index is 200. The van der Waals surface area contributed by atoms with Gasteiger partial charge in [0.25, 0.3) is 0 Å². The van der Waals surface area contributed by atoms with Gasteiger partial charge in [0.2, 0.25) is 0 Å². The number of nitrogens with one attached hydrogen (secondary N) is 1. The Morgan fingerprint density at radius 2 is 2.07 bits per heavy atom. The molecule has 0 aliphatic carbocycles. The molecule has 0 unspecified atom stereocenters. The maximum atomic E-state index is 11.8. The van der Waals surface area contributed by atoms with Crippen LogP contribution >= 0.6 is 0 Å². The van der Waals surface area contributed by atoms with Gasteiger partial charge in [0.15, 0.2) is 0 Å². The quantitative estimate of drug-likeness (QED) is 0.693. The van der Waals surface area contributed by atoms with Crippen LogP contribution in [0.4, 0.5) is 13.2 Å². The van der Waals surface area contributed by atoms with E-state index in [1.165, 1.54) is 0 Å². The Morgan fingerprint density at radius 3 is 2.71 bits per heavy atom. The lowest BCUT2D eigenvalue weighted by atomic mass is 10.3. The summed E-state index contributed by atoms with van der Waals surface area (Å²) in [7, 11) is 0. The van der Waals surface area contributed by atoms with E-state index in [9.17, 15) is 18.0 Å². The van der Waals surface area contributed by atoms with Gasteiger partial charge in [-0.25, -0.2) is 4.79 Å². The second-order valence-electron chi connectivity index (χ2n) is 2.95. The molecule has 14 heavy (non-hydrogen) atoms. The fraction of sp³-hybridized carbons (Fsp3) is 0.857. The third-order valence-corrected chi connectivity index (χ3v) is 1.74. The molecule has 0 bridgehead atoms. The van der Waals surface area contributed by atoms with E-state index >= 15 is 0 Å². The molecule has 1 fully saturated rings. The Kier molecular flexibility index (Phi) is 3.70. The average molecular weight is 212 g/mol. The summed E-state index contributed by atoms with van der Waals surface area (Å²) in [6.45, 7) is 1.19. The molecule has 0 aromatic heterocycles. The van der Waals surface area contributed by atoms with Crippen LogP contribution in [0.3, 0.4) is 0 Å². The zero-order chi connectivity index (χ0) is 10.6. The second-order valence-corrected chi connectivity index (χ2v) is 2.95. The van der Waals surface area contributed by atoms with E-state index in [0.29, 0.717) is 13.0 Å². The predicted octanol–water partition coefficient (Wildman–Crippen LogP) is 0.650. The molecule has 1 rings (SSSR count). The highest BCUT2D eigenvalue weighted by Gasteiger charge is 2.42. The molecule has 1 saturated heterocycles. The minimum atomic E-state index is -4.92. The Labute approximate surface area is 79.0 Å². The molecule has 0 aromatic carbocycles. The Hall–Kier alpha value is -0.820. The molecule has 4 nitrogen and oxygen atoms in total. The fourth-order valence-electron chi connectivity index (χ4n) is 1.07. The van der Waals surface area contributed by atoms with E-state index in [1.807, 2.05) is 0 Å². The standard InChI is InChI=1S/C7H11F3N2O2/c8-7(9,10)6(13)14-12-4-2-1-3-11-5-12/h11H,1-5H2. The van der Waals surface area contributed by atoms with Gasteiger partial charge in [0, 0.05) is 6.54 Å². The van der Waals surface area contributed by atoms with E-state index in [-0.39, 0.29) is 6.67 Å². The summed E-state index contributed by atoms with van der Waals surface area (Å²) in [6, 6.07) is 0. The molecule has 0 aromatic rings. The summed E-state index contributed by atoms with van der Waals surface area (Å²) < 4.78 is 35.4. The highest BCUT2D eigenvalue weighted by atomic mass is 19.4. The first kappa shape index (κ1) is 11.3. The van der Waals surface area contributed by atoms with Crippen LogP contribution in [0.25, 0.3) is 0 Å². The number of rotatable bonds is 1. The SMILES string of the molecule is O=C(ON1CCCCNC1)C(F)(F)F. The summed E-state index contributed by atoms with van der Waals surface area (Å²) in [5, 5.41) is 3.82. The number of halogens is 3. The largest absolute Gasteiger partial charge is 0.492 e.